The second kappa shape index (κ2) is 5.48. The van der Waals surface area contributed by atoms with E-state index in [2.05, 4.69) is 18.7 Å². The molecule has 0 bridgehead atoms. The third kappa shape index (κ3) is 2.63. The van der Waals surface area contributed by atoms with Crippen LogP contribution in [0.3, 0.4) is 0 Å². The van der Waals surface area contributed by atoms with Crippen LogP contribution in [0.4, 0.5) is 0 Å². The Kier molecular flexibility index (Phi) is 4.24. The van der Waals surface area contributed by atoms with Gasteiger partial charge in [0.1, 0.15) is 4.90 Å². The van der Waals surface area contributed by atoms with Gasteiger partial charge < -0.3 is 10.3 Å². The smallest absolute Gasteiger partial charge is 0.244 e. The van der Waals surface area contributed by atoms with Crippen LogP contribution < -0.4 is 5.73 Å². The third-order valence-corrected chi connectivity index (χ3v) is 6.05. The summed E-state index contributed by atoms with van der Waals surface area (Å²) in [6.45, 7) is 5.48. The Morgan fingerprint density at radius 2 is 1.80 bits per heavy atom. The zero-order valence-electron chi connectivity index (χ0n) is 12.6. The Balaban J connectivity index is 2.30. The van der Waals surface area contributed by atoms with Gasteiger partial charge in [-0.2, -0.15) is 4.31 Å². The van der Waals surface area contributed by atoms with Crippen LogP contribution in [0.1, 0.15) is 19.5 Å². The highest BCUT2D eigenvalue weighted by atomic mass is 32.2. The molecule has 2 atom stereocenters. The highest BCUT2D eigenvalue weighted by molar-refractivity contribution is 7.89. The number of aromatic nitrogens is 1. The second-order valence-electron chi connectivity index (χ2n) is 5.67. The van der Waals surface area contributed by atoms with Crippen LogP contribution >= 0.6 is 0 Å². The van der Waals surface area contributed by atoms with Gasteiger partial charge in [0.05, 0.1) is 0 Å². The van der Waals surface area contributed by atoms with Crippen molar-refractivity contribution in [2.24, 2.45) is 12.8 Å². The van der Waals surface area contributed by atoms with Crippen molar-refractivity contribution in [3.05, 3.63) is 18.0 Å². The number of piperazine rings is 1. The predicted molar refractivity (Wildman–Crippen MR) is 78.8 cm³/mol. The Bertz CT molecular complexity index is 569. The number of rotatable bonds is 3. The predicted octanol–water partition coefficient (Wildman–Crippen LogP) is 0.197. The van der Waals surface area contributed by atoms with E-state index >= 15 is 0 Å². The molecule has 0 aromatic carbocycles. The Morgan fingerprint density at radius 1 is 1.25 bits per heavy atom. The van der Waals surface area contributed by atoms with Crippen LogP contribution in [0.5, 0.6) is 0 Å². The molecule has 7 heteroatoms. The topological polar surface area (TPSA) is 71.6 Å². The number of nitrogens with two attached hydrogens (primary N) is 1. The summed E-state index contributed by atoms with van der Waals surface area (Å²) < 4.78 is 28.8. The molecule has 1 aliphatic rings. The molecule has 6 nitrogen and oxygen atoms in total. The van der Waals surface area contributed by atoms with Crippen molar-refractivity contribution in [2.75, 3.05) is 20.1 Å². The quantitative estimate of drug-likeness (QED) is 0.865. The molecule has 1 fully saturated rings. The van der Waals surface area contributed by atoms with Gasteiger partial charge >= 0.3 is 0 Å². The fourth-order valence-corrected chi connectivity index (χ4v) is 4.32. The molecule has 0 radical (unpaired) electrons. The Morgan fingerprint density at radius 3 is 2.25 bits per heavy atom. The number of hydrogen-bond acceptors (Lipinski definition) is 4. The van der Waals surface area contributed by atoms with Gasteiger partial charge in [-0.1, -0.05) is 0 Å². The third-order valence-electron chi connectivity index (χ3n) is 4.26. The molecule has 1 aromatic heterocycles. The average molecular weight is 300 g/mol. The van der Waals surface area contributed by atoms with Gasteiger partial charge in [-0.05, 0) is 27.0 Å². The fraction of sp³-hybridized carbons (Fsp3) is 0.692. The van der Waals surface area contributed by atoms with E-state index in [1.165, 1.54) is 0 Å². The first-order valence-electron chi connectivity index (χ1n) is 6.84. The summed E-state index contributed by atoms with van der Waals surface area (Å²) in [6, 6.07) is 2.10. The van der Waals surface area contributed by atoms with E-state index in [1.54, 1.807) is 21.1 Å². The van der Waals surface area contributed by atoms with Gasteiger partial charge in [-0.15, -0.1) is 0 Å². The minimum Gasteiger partial charge on any atom is -0.352 e. The minimum atomic E-state index is -3.43. The molecule has 2 heterocycles. The molecular formula is C13H24N4O2S. The van der Waals surface area contributed by atoms with E-state index in [9.17, 15) is 8.42 Å². The van der Waals surface area contributed by atoms with E-state index < -0.39 is 10.0 Å². The molecule has 1 saturated heterocycles. The van der Waals surface area contributed by atoms with Crippen molar-refractivity contribution in [3.63, 3.8) is 0 Å². The first-order valence-corrected chi connectivity index (χ1v) is 8.28. The molecule has 0 amide bonds. The molecule has 0 aliphatic carbocycles. The summed E-state index contributed by atoms with van der Waals surface area (Å²) in [5.41, 5.74) is 6.43. The summed E-state index contributed by atoms with van der Waals surface area (Å²) in [6.07, 6.45) is 1.64. The summed E-state index contributed by atoms with van der Waals surface area (Å²) in [7, 11) is 0.419. The molecule has 2 unspecified atom stereocenters. The molecule has 2 rings (SSSR count). The van der Waals surface area contributed by atoms with E-state index in [4.69, 9.17) is 5.73 Å². The van der Waals surface area contributed by atoms with Crippen molar-refractivity contribution in [3.8, 4) is 0 Å². The normalized spacial score (nSPS) is 26.1. The van der Waals surface area contributed by atoms with Crippen molar-refractivity contribution in [1.82, 2.24) is 13.8 Å². The van der Waals surface area contributed by atoms with E-state index in [0.29, 0.717) is 24.5 Å². The maximum absolute atomic E-state index is 12.7. The van der Waals surface area contributed by atoms with Crippen molar-refractivity contribution >= 4 is 10.0 Å². The first kappa shape index (κ1) is 15.5. The summed E-state index contributed by atoms with van der Waals surface area (Å²) in [4.78, 5) is 2.55. The fourth-order valence-electron chi connectivity index (χ4n) is 2.62. The lowest BCUT2D eigenvalue weighted by Gasteiger charge is -2.41. The number of aryl methyl sites for hydroxylation is 1. The zero-order chi connectivity index (χ0) is 15.1. The lowest BCUT2D eigenvalue weighted by Crippen LogP contribution is -2.56. The van der Waals surface area contributed by atoms with Gasteiger partial charge in [0.25, 0.3) is 0 Å². The van der Waals surface area contributed by atoms with Crippen LogP contribution in [0.15, 0.2) is 17.2 Å². The molecule has 114 valence electrons. The van der Waals surface area contributed by atoms with Gasteiger partial charge in [0.2, 0.25) is 10.0 Å². The van der Waals surface area contributed by atoms with E-state index in [1.807, 2.05) is 14.1 Å². The standard InChI is InChI=1S/C13H24N4O2S/c1-10-7-17(8-11(2)16(10)4)20(18,19)13-5-12(6-14)15(3)9-13/h5,9-11H,6-8,14H2,1-4H3. The number of hydrogen-bond donors (Lipinski definition) is 1. The molecule has 1 aliphatic heterocycles. The van der Waals surface area contributed by atoms with Crippen LogP contribution in [-0.2, 0) is 23.6 Å². The van der Waals surface area contributed by atoms with Gasteiger partial charge in [-0.25, -0.2) is 8.42 Å². The molecule has 1 aromatic rings. The minimum absolute atomic E-state index is 0.214. The average Bonchev–Trinajstić information content (AvgIpc) is 2.77. The lowest BCUT2D eigenvalue weighted by atomic mass is 10.1. The SMILES string of the molecule is CC1CN(S(=O)(=O)c2cc(CN)n(C)c2)CC(C)N1C. The summed E-state index contributed by atoms with van der Waals surface area (Å²) in [5.74, 6) is 0. The van der Waals surface area contributed by atoms with Crippen LogP contribution in [-0.4, -0.2) is 54.4 Å². The van der Waals surface area contributed by atoms with Crippen molar-refractivity contribution in [2.45, 2.75) is 37.4 Å². The Labute approximate surface area is 121 Å². The second-order valence-corrected chi connectivity index (χ2v) is 7.61. The molecular weight excluding hydrogens is 276 g/mol. The van der Waals surface area contributed by atoms with Crippen LogP contribution in [0, 0.1) is 0 Å². The van der Waals surface area contributed by atoms with Gasteiger partial charge in [0, 0.05) is 50.7 Å². The highest BCUT2D eigenvalue weighted by Gasteiger charge is 2.34. The molecule has 0 saturated carbocycles. The van der Waals surface area contributed by atoms with E-state index in [0.717, 1.165) is 5.69 Å². The zero-order valence-corrected chi connectivity index (χ0v) is 13.4. The van der Waals surface area contributed by atoms with Crippen molar-refractivity contribution < 1.29 is 8.42 Å². The number of sulfonamides is 1. The molecule has 0 spiro atoms. The molecule has 2 N–H and O–H groups in total. The molecule has 20 heavy (non-hydrogen) atoms. The van der Waals surface area contributed by atoms with Gasteiger partial charge in [0.15, 0.2) is 0 Å². The van der Waals surface area contributed by atoms with Crippen molar-refractivity contribution in [1.29, 1.82) is 0 Å². The summed E-state index contributed by atoms with van der Waals surface area (Å²) >= 11 is 0. The largest absolute Gasteiger partial charge is 0.352 e. The maximum atomic E-state index is 12.7. The highest BCUT2D eigenvalue weighted by Crippen LogP contribution is 2.23. The Hall–Kier alpha value is -0.890. The maximum Gasteiger partial charge on any atom is 0.244 e. The van der Waals surface area contributed by atoms with Gasteiger partial charge in [-0.3, -0.25) is 4.90 Å². The van der Waals surface area contributed by atoms with E-state index in [-0.39, 0.29) is 12.1 Å². The monoisotopic (exact) mass is 300 g/mol. The lowest BCUT2D eigenvalue weighted by molar-refractivity contribution is 0.105. The van der Waals surface area contributed by atoms with Crippen LogP contribution in [0.25, 0.3) is 0 Å². The number of nitrogens with zero attached hydrogens (tertiary/aromatic N) is 3. The number of likely N-dealkylation sites (N-methyl/N-ethyl adjacent to an activating group) is 1. The first-order chi connectivity index (χ1) is 9.27. The van der Waals surface area contributed by atoms with Crippen LogP contribution in [0.2, 0.25) is 0 Å². The summed E-state index contributed by atoms with van der Waals surface area (Å²) in [5, 5.41) is 0.